The van der Waals surface area contributed by atoms with E-state index in [1.165, 1.54) is 0 Å². The van der Waals surface area contributed by atoms with Gasteiger partial charge in [-0.05, 0) is 56.5 Å². The quantitative estimate of drug-likeness (QED) is 0.306. The highest BCUT2D eigenvalue weighted by molar-refractivity contribution is 6.22. The Kier molecular flexibility index (Phi) is 3.40. The third kappa shape index (κ3) is 2.34. The third-order valence-corrected chi connectivity index (χ3v) is 5.82. The lowest BCUT2D eigenvalue weighted by atomic mass is 10.0. The molecule has 0 fully saturated rings. The fourth-order valence-electron chi connectivity index (χ4n) is 4.40. The van der Waals surface area contributed by atoms with Gasteiger partial charge in [0.15, 0.2) is 0 Å². The summed E-state index contributed by atoms with van der Waals surface area (Å²) in [7, 11) is 0. The van der Waals surface area contributed by atoms with Crippen LogP contribution in [0.1, 0.15) is 20.8 Å². The Labute approximate surface area is 173 Å². The van der Waals surface area contributed by atoms with E-state index >= 15 is 0 Å². The molecule has 4 nitrogen and oxygen atoms in total. The predicted octanol–water partition coefficient (Wildman–Crippen LogP) is 6.91. The predicted molar refractivity (Wildman–Crippen MR) is 123 cm³/mol. The molecule has 3 aromatic heterocycles. The molecule has 6 rings (SSSR count). The Bertz CT molecular complexity index is 1570. The van der Waals surface area contributed by atoms with Crippen molar-refractivity contribution in [3.05, 3.63) is 73.2 Å². The number of benzene rings is 3. The average molecular weight is 391 g/mol. The first-order valence-corrected chi connectivity index (χ1v) is 10.2. The van der Waals surface area contributed by atoms with Crippen LogP contribution in [0.4, 0.5) is 0 Å². The zero-order valence-corrected chi connectivity index (χ0v) is 17.2. The second-order valence-corrected chi connectivity index (χ2v) is 8.76. The molecular weight excluding hydrogens is 370 g/mol. The molecule has 0 aliphatic carbocycles. The van der Waals surface area contributed by atoms with Crippen molar-refractivity contribution >= 4 is 43.7 Å². The first kappa shape index (κ1) is 17.2. The zero-order valence-electron chi connectivity index (χ0n) is 17.2. The van der Waals surface area contributed by atoms with Crippen molar-refractivity contribution in [1.82, 2.24) is 14.5 Å². The highest BCUT2D eigenvalue weighted by Crippen LogP contribution is 2.40. The first-order chi connectivity index (χ1) is 14.5. The molecule has 0 atom stereocenters. The number of imidazole rings is 1. The highest BCUT2D eigenvalue weighted by Gasteiger charge is 2.20. The van der Waals surface area contributed by atoms with E-state index in [1.54, 1.807) is 0 Å². The zero-order chi connectivity index (χ0) is 20.5. The minimum atomic E-state index is -0.0453. The summed E-state index contributed by atoms with van der Waals surface area (Å²) in [6, 6.07) is 20.8. The number of rotatable bonds is 1. The molecule has 0 saturated heterocycles. The molecule has 0 N–H and O–H groups in total. The SMILES string of the molecule is CC(C)(C)n1cnc2c3c(ccc4c5cccc(-c6ccccn6)c5oc43)ccc21. The van der Waals surface area contributed by atoms with Crippen molar-refractivity contribution in [3.63, 3.8) is 0 Å². The van der Waals surface area contributed by atoms with Crippen molar-refractivity contribution < 1.29 is 4.42 Å². The summed E-state index contributed by atoms with van der Waals surface area (Å²) in [5.41, 5.74) is 5.72. The van der Waals surface area contributed by atoms with Gasteiger partial charge < -0.3 is 8.98 Å². The van der Waals surface area contributed by atoms with Crippen LogP contribution in [0.25, 0.3) is 55.0 Å². The number of hydrogen-bond acceptors (Lipinski definition) is 3. The normalized spacial score (nSPS) is 12.5. The molecule has 3 aromatic carbocycles. The lowest BCUT2D eigenvalue weighted by Gasteiger charge is -2.21. The molecule has 0 radical (unpaired) electrons. The van der Waals surface area contributed by atoms with Crippen LogP contribution in [-0.2, 0) is 5.54 Å². The Morgan fingerprint density at radius 2 is 1.63 bits per heavy atom. The Morgan fingerprint density at radius 1 is 0.800 bits per heavy atom. The van der Waals surface area contributed by atoms with Gasteiger partial charge in [0.25, 0.3) is 0 Å². The van der Waals surface area contributed by atoms with Crippen LogP contribution in [-0.4, -0.2) is 14.5 Å². The fraction of sp³-hybridized carbons (Fsp3) is 0.154. The van der Waals surface area contributed by atoms with Crippen molar-refractivity contribution in [3.8, 4) is 11.3 Å². The van der Waals surface area contributed by atoms with E-state index in [2.05, 4.69) is 72.8 Å². The Balaban J connectivity index is 1.76. The van der Waals surface area contributed by atoms with E-state index in [0.29, 0.717) is 0 Å². The van der Waals surface area contributed by atoms with Gasteiger partial charge in [0.1, 0.15) is 16.7 Å². The maximum Gasteiger partial charge on any atom is 0.145 e. The van der Waals surface area contributed by atoms with Crippen LogP contribution < -0.4 is 0 Å². The molecule has 0 amide bonds. The highest BCUT2D eigenvalue weighted by atomic mass is 16.3. The van der Waals surface area contributed by atoms with E-state index in [-0.39, 0.29) is 5.54 Å². The summed E-state index contributed by atoms with van der Waals surface area (Å²) in [5, 5.41) is 4.40. The molecular formula is C26H21N3O. The third-order valence-electron chi connectivity index (χ3n) is 5.82. The van der Waals surface area contributed by atoms with Gasteiger partial charge in [-0.25, -0.2) is 4.98 Å². The molecule has 6 aromatic rings. The second-order valence-electron chi connectivity index (χ2n) is 8.76. The van der Waals surface area contributed by atoms with Crippen molar-refractivity contribution in [2.75, 3.05) is 0 Å². The molecule has 0 bridgehead atoms. The first-order valence-electron chi connectivity index (χ1n) is 10.2. The Hall–Kier alpha value is -3.66. The number of pyridine rings is 1. The van der Waals surface area contributed by atoms with Crippen molar-refractivity contribution in [2.24, 2.45) is 0 Å². The van der Waals surface area contributed by atoms with E-state index in [4.69, 9.17) is 9.40 Å². The monoisotopic (exact) mass is 391 g/mol. The van der Waals surface area contributed by atoms with Gasteiger partial charge in [0, 0.05) is 28.1 Å². The van der Waals surface area contributed by atoms with Crippen LogP contribution in [0.15, 0.2) is 77.6 Å². The van der Waals surface area contributed by atoms with Gasteiger partial charge in [-0.1, -0.05) is 30.3 Å². The number of nitrogens with zero attached hydrogens (tertiary/aromatic N) is 3. The van der Waals surface area contributed by atoms with Crippen molar-refractivity contribution in [1.29, 1.82) is 0 Å². The number of fused-ring (bicyclic) bond motifs is 7. The summed E-state index contributed by atoms with van der Waals surface area (Å²) >= 11 is 0. The summed E-state index contributed by atoms with van der Waals surface area (Å²) in [6.45, 7) is 6.58. The number of aromatic nitrogens is 3. The fourth-order valence-corrected chi connectivity index (χ4v) is 4.40. The number of para-hydroxylation sites is 1. The molecule has 0 saturated carbocycles. The van der Waals surface area contributed by atoms with E-state index in [9.17, 15) is 0 Å². The lowest BCUT2D eigenvalue weighted by Crippen LogP contribution is -2.20. The molecule has 30 heavy (non-hydrogen) atoms. The molecule has 4 heteroatoms. The summed E-state index contributed by atoms with van der Waals surface area (Å²) in [6.07, 6.45) is 3.75. The minimum Gasteiger partial charge on any atom is -0.455 e. The lowest BCUT2D eigenvalue weighted by molar-refractivity contribution is 0.408. The molecule has 0 unspecified atom stereocenters. The van der Waals surface area contributed by atoms with Crippen LogP contribution >= 0.6 is 0 Å². The van der Waals surface area contributed by atoms with Crippen LogP contribution in [0, 0.1) is 0 Å². The van der Waals surface area contributed by atoms with Gasteiger partial charge in [0.05, 0.1) is 22.9 Å². The second kappa shape index (κ2) is 5.92. The summed E-state index contributed by atoms with van der Waals surface area (Å²) in [5.74, 6) is 0. The average Bonchev–Trinajstić information content (AvgIpc) is 3.35. The molecule has 0 aliphatic heterocycles. The topological polar surface area (TPSA) is 43.9 Å². The largest absolute Gasteiger partial charge is 0.455 e. The maximum atomic E-state index is 6.56. The van der Waals surface area contributed by atoms with E-state index in [1.807, 2.05) is 30.7 Å². The van der Waals surface area contributed by atoms with Crippen LogP contribution in [0.3, 0.4) is 0 Å². The molecule has 146 valence electrons. The molecule has 3 heterocycles. The Morgan fingerprint density at radius 3 is 2.43 bits per heavy atom. The summed E-state index contributed by atoms with van der Waals surface area (Å²) < 4.78 is 8.79. The van der Waals surface area contributed by atoms with E-state index < -0.39 is 0 Å². The summed E-state index contributed by atoms with van der Waals surface area (Å²) in [4.78, 5) is 9.34. The smallest absolute Gasteiger partial charge is 0.145 e. The van der Waals surface area contributed by atoms with Gasteiger partial charge >= 0.3 is 0 Å². The van der Waals surface area contributed by atoms with Gasteiger partial charge in [0.2, 0.25) is 0 Å². The standard InChI is InChI=1S/C26H21N3O/c1-26(2,3)29-15-28-23-21(29)13-11-16-10-12-18-17-7-6-8-19(20-9-4-5-14-27-20)24(17)30-25(18)22(16)23/h4-15H,1-3H3. The number of furan rings is 1. The minimum absolute atomic E-state index is 0.0453. The van der Waals surface area contributed by atoms with Crippen molar-refractivity contribution in [2.45, 2.75) is 26.3 Å². The van der Waals surface area contributed by atoms with Gasteiger partial charge in [-0.15, -0.1) is 0 Å². The van der Waals surface area contributed by atoms with Gasteiger partial charge in [-0.2, -0.15) is 0 Å². The van der Waals surface area contributed by atoms with Gasteiger partial charge in [-0.3, -0.25) is 4.98 Å². The van der Waals surface area contributed by atoms with Crippen LogP contribution in [0.2, 0.25) is 0 Å². The maximum absolute atomic E-state index is 6.56. The van der Waals surface area contributed by atoms with E-state index in [0.717, 1.165) is 55.0 Å². The number of hydrogen-bond donors (Lipinski definition) is 0. The molecule has 0 spiro atoms. The van der Waals surface area contributed by atoms with Crippen LogP contribution in [0.5, 0.6) is 0 Å². The molecule has 0 aliphatic rings.